The maximum absolute atomic E-state index is 13.3. The Morgan fingerprint density at radius 2 is 1.60 bits per heavy atom. The summed E-state index contributed by atoms with van der Waals surface area (Å²) in [4.78, 5) is 15.6. The summed E-state index contributed by atoms with van der Waals surface area (Å²) in [5, 5.41) is 3.99. The monoisotopic (exact) mass is 489 g/mol. The topological polar surface area (TPSA) is 82.9 Å². The molecule has 8 heteroatoms. The lowest BCUT2D eigenvalue weighted by Crippen LogP contribution is -2.47. The van der Waals surface area contributed by atoms with Gasteiger partial charge in [0.25, 0.3) is 5.91 Å². The minimum Gasteiger partial charge on any atom is -0.459 e. The summed E-state index contributed by atoms with van der Waals surface area (Å²) >= 11 is 0. The molecule has 5 rings (SSSR count). The van der Waals surface area contributed by atoms with Gasteiger partial charge in [0.15, 0.2) is 0 Å². The number of nitrogens with one attached hydrogen (secondary N) is 1. The average Bonchev–Trinajstić information content (AvgIpc) is 3.32. The number of amides is 1. The molecule has 1 saturated heterocycles. The van der Waals surface area contributed by atoms with E-state index in [1.54, 1.807) is 18.2 Å². The number of para-hydroxylation sites is 1. The third-order valence-electron chi connectivity index (χ3n) is 6.33. The molecule has 0 radical (unpaired) electrons. The zero-order valence-electron chi connectivity index (χ0n) is 19.4. The summed E-state index contributed by atoms with van der Waals surface area (Å²) in [6.07, 6.45) is 0. The highest BCUT2D eigenvalue weighted by molar-refractivity contribution is 7.89. The van der Waals surface area contributed by atoms with E-state index in [-0.39, 0.29) is 16.4 Å². The van der Waals surface area contributed by atoms with Gasteiger partial charge in [-0.15, -0.1) is 0 Å². The lowest BCUT2D eigenvalue weighted by Gasteiger charge is -2.31. The molecule has 1 unspecified atom stereocenters. The molecule has 1 aliphatic heterocycles. The maximum Gasteiger partial charge on any atom is 0.252 e. The highest BCUT2D eigenvalue weighted by Gasteiger charge is 2.28. The van der Waals surface area contributed by atoms with Gasteiger partial charge in [-0.25, -0.2) is 8.42 Å². The van der Waals surface area contributed by atoms with E-state index in [0.717, 1.165) is 16.5 Å². The zero-order valence-corrected chi connectivity index (χ0v) is 20.2. The molecule has 0 bridgehead atoms. The van der Waals surface area contributed by atoms with Crippen LogP contribution in [0.25, 0.3) is 11.0 Å². The van der Waals surface area contributed by atoms with Crippen LogP contribution in [-0.2, 0) is 10.0 Å². The Balaban J connectivity index is 1.44. The number of benzene rings is 3. The molecule has 180 valence electrons. The summed E-state index contributed by atoms with van der Waals surface area (Å²) in [6.45, 7) is 2.21. The van der Waals surface area contributed by atoms with Crippen molar-refractivity contribution in [3.05, 3.63) is 102 Å². The lowest BCUT2D eigenvalue weighted by atomic mass is 10.0. The number of fused-ring (bicyclic) bond motifs is 1. The second-order valence-corrected chi connectivity index (χ2v) is 10.7. The minimum absolute atomic E-state index is 0.120. The molecule has 0 spiro atoms. The number of nitrogens with zero attached hydrogens (tertiary/aromatic N) is 2. The molecule has 1 atom stereocenters. The molecule has 0 aliphatic carbocycles. The number of piperazine rings is 1. The first-order valence-electron chi connectivity index (χ1n) is 11.5. The number of rotatable bonds is 6. The molecule has 2 heterocycles. The van der Waals surface area contributed by atoms with Gasteiger partial charge in [0.2, 0.25) is 10.0 Å². The van der Waals surface area contributed by atoms with E-state index in [4.69, 9.17) is 4.42 Å². The largest absolute Gasteiger partial charge is 0.459 e. The van der Waals surface area contributed by atoms with Crippen LogP contribution in [0.4, 0.5) is 0 Å². The number of hydrogen-bond donors (Lipinski definition) is 1. The van der Waals surface area contributed by atoms with E-state index in [0.29, 0.717) is 31.9 Å². The van der Waals surface area contributed by atoms with Crippen molar-refractivity contribution >= 4 is 26.9 Å². The predicted octanol–water partition coefficient (Wildman–Crippen LogP) is 3.89. The van der Waals surface area contributed by atoms with E-state index in [2.05, 4.69) is 10.2 Å². The van der Waals surface area contributed by atoms with Gasteiger partial charge in [0.1, 0.15) is 17.4 Å². The zero-order chi connectivity index (χ0) is 24.4. The number of carbonyl (C=O) groups is 1. The maximum atomic E-state index is 13.3. The van der Waals surface area contributed by atoms with Gasteiger partial charge in [-0.1, -0.05) is 54.6 Å². The molecule has 1 aliphatic rings. The Morgan fingerprint density at radius 3 is 2.34 bits per heavy atom. The van der Waals surface area contributed by atoms with Crippen molar-refractivity contribution in [2.45, 2.75) is 10.9 Å². The van der Waals surface area contributed by atoms with Crippen molar-refractivity contribution in [1.29, 1.82) is 0 Å². The highest BCUT2D eigenvalue weighted by atomic mass is 32.2. The van der Waals surface area contributed by atoms with E-state index in [1.807, 2.05) is 67.7 Å². The van der Waals surface area contributed by atoms with E-state index >= 15 is 0 Å². The van der Waals surface area contributed by atoms with Gasteiger partial charge < -0.3 is 14.6 Å². The third kappa shape index (κ3) is 4.86. The van der Waals surface area contributed by atoms with Gasteiger partial charge in [-0.3, -0.25) is 4.79 Å². The molecule has 0 saturated carbocycles. The van der Waals surface area contributed by atoms with Gasteiger partial charge in [0, 0.05) is 37.1 Å². The van der Waals surface area contributed by atoms with Gasteiger partial charge >= 0.3 is 0 Å². The van der Waals surface area contributed by atoms with Crippen LogP contribution in [0.5, 0.6) is 0 Å². The summed E-state index contributed by atoms with van der Waals surface area (Å²) in [6, 6.07) is 24.8. The average molecular weight is 490 g/mol. The van der Waals surface area contributed by atoms with Crippen molar-refractivity contribution in [2.24, 2.45) is 0 Å². The van der Waals surface area contributed by atoms with Crippen LogP contribution in [0.3, 0.4) is 0 Å². The molecule has 1 amide bonds. The van der Waals surface area contributed by atoms with Crippen LogP contribution >= 0.6 is 0 Å². The van der Waals surface area contributed by atoms with Crippen molar-refractivity contribution in [2.75, 3.05) is 33.2 Å². The van der Waals surface area contributed by atoms with Crippen molar-refractivity contribution in [3.63, 3.8) is 0 Å². The number of carbonyl (C=O) groups excluding carboxylic acids is 1. The van der Waals surface area contributed by atoms with Crippen molar-refractivity contribution in [1.82, 2.24) is 14.5 Å². The first-order chi connectivity index (χ1) is 16.9. The fraction of sp³-hybridized carbons (Fsp3) is 0.222. The van der Waals surface area contributed by atoms with E-state index in [9.17, 15) is 13.2 Å². The fourth-order valence-electron chi connectivity index (χ4n) is 4.30. The Kier molecular flexibility index (Phi) is 6.42. The number of hydrogen-bond acceptors (Lipinski definition) is 5. The first-order valence-corrected chi connectivity index (χ1v) is 13.0. The van der Waals surface area contributed by atoms with Crippen molar-refractivity contribution < 1.29 is 17.6 Å². The molecule has 1 N–H and O–H groups in total. The summed E-state index contributed by atoms with van der Waals surface area (Å²) in [5.41, 5.74) is 1.87. The molecular weight excluding hydrogens is 462 g/mol. The Bertz CT molecular complexity index is 1410. The van der Waals surface area contributed by atoms with Crippen LogP contribution < -0.4 is 5.32 Å². The molecule has 35 heavy (non-hydrogen) atoms. The molecule has 7 nitrogen and oxygen atoms in total. The number of furan rings is 1. The summed E-state index contributed by atoms with van der Waals surface area (Å²) in [7, 11) is -1.71. The second kappa shape index (κ2) is 9.65. The molecule has 1 aromatic heterocycles. The van der Waals surface area contributed by atoms with Crippen LogP contribution in [0.15, 0.2) is 94.2 Å². The van der Waals surface area contributed by atoms with E-state index < -0.39 is 16.1 Å². The van der Waals surface area contributed by atoms with Crippen LogP contribution in [0.1, 0.15) is 27.7 Å². The number of sulfonamides is 1. The van der Waals surface area contributed by atoms with Crippen molar-refractivity contribution in [3.8, 4) is 0 Å². The van der Waals surface area contributed by atoms with Gasteiger partial charge in [0.05, 0.1) is 4.90 Å². The lowest BCUT2D eigenvalue weighted by molar-refractivity contribution is 0.0939. The minimum atomic E-state index is -3.68. The summed E-state index contributed by atoms with van der Waals surface area (Å²) < 4.78 is 33.9. The Morgan fingerprint density at radius 1 is 0.886 bits per heavy atom. The quantitative estimate of drug-likeness (QED) is 0.444. The Labute approximate surface area is 205 Å². The van der Waals surface area contributed by atoms with Crippen LogP contribution in [0.2, 0.25) is 0 Å². The predicted molar refractivity (Wildman–Crippen MR) is 135 cm³/mol. The number of likely N-dealkylation sites (N-methyl/N-ethyl adjacent to an activating group) is 1. The van der Waals surface area contributed by atoms with Crippen LogP contribution in [-0.4, -0.2) is 56.8 Å². The highest BCUT2D eigenvalue weighted by Crippen LogP contribution is 2.29. The third-order valence-corrected chi connectivity index (χ3v) is 8.23. The Hall–Kier alpha value is -3.46. The SMILES string of the molecule is CN1CCN(S(=O)(=O)c2cccc(C(=O)NC(c3ccccc3)c3cc4ccccc4o3)c2)CC1. The normalized spacial score (nSPS) is 16.3. The van der Waals surface area contributed by atoms with Crippen LogP contribution in [0, 0.1) is 0 Å². The molecule has 3 aromatic carbocycles. The van der Waals surface area contributed by atoms with E-state index in [1.165, 1.54) is 10.4 Å². The summed E-state index contributed by atoms with van der Waals surface area (Å²) in [5.74, 6) is 0.224. The standard InChI is InChI=1S/C27H27N3O4S/c1-29-14-16-30(17-15-29)35(32,33)23-12-7-11-22(18-23)27(31)28-26(20-8-3-2-4-9-20)25-19-21-10-5-6-13-24(21)34-25/h2-13,18-19,26H,14-17H2,1H3,(H,28,31). The second-order valence-electron chi connectivity index (χ2n) is 8.74. The molecule has 1 fully saturated rings. The smallest absolute Gasteiger partial charge is 0.252 e. The molecular formula is C27H27N3O4S. The van der Waals surface area contributed by atoms with Gasteiger partial charge in [-0.05, 0) is 42.9 Å². The first kappa shape index (κ1) is 23.3. The van der Waals surface area contributed by atoms with Gasteiger partial charge in [-0.2, -0.15) is 4.31 Å². The fourth-order valence-corrected chi connectivity index (χ4v) is 5.77. The molecule has 4 aromatic rings.